The molecule has 0 aliphatic carbocycles. The maximum atomic E-state index is 12.8. The normalized spacial score (nSPS) is 21.2. The van der Waals surface area contributed by atoms with Crippen LogP contribution >= 0.6 is 0 Å². The zero-order valence-corrected chi connectivity index (χ0v) is 13.7. The van der Waals surface area contributed by atoms with Crippen LogP contribution in [0.15, 0.2) is 53.5 Å². The Morgan fingerprint density at radius 1 is 1.13 bits per heavy atom. The van der Waals surface area contributed by atoms with Gasteiger partial charge in [0.15, 0.2) is 0 Å². The highest BCUT2D eigenvalue weighted by molar-refractivity contribution is 5.94. The van der Waals surface area contributed by atoms with Gasteiger partial charge in [0.2, 0.25) is 5.56 Å². The lowest BCUT2D eigenvalue weighted by Crippen LogP contribution is -2.47. The Labute approximate surface area is 136 Å². The van der Waals surface area contributed by atoms with E-state index in [9.17, 15) is 9.59 Å². The van der Waals surface area contributed by atoms with E-state index in [0.29, 0.717) is 12.1 Å². The first-order valence-corrected chi connectivity index (χ1v) is 8.01. The van der Waals surface area contributed by atoms with Gasteiger partial charge in [0.05, 0.1) is 5.56 Å². The van der Waals surface area contributed by atoms with Crippen LogP contribution in [0.5, 0.6) is 0 Å². The molecule has 0 spiro atoms. The fraction of sp³-hybridized carbons (Fsp3) is 0.368. The van der Waals surface area contributed by atoms with E-state index in [2.05, 4.69) is 19.1 Å². The third-order valence-corrected chi connectivity index (χ3v) is 4.79. The minimum Gasteiger partial charge on any atom is -0.338 e. The lowest BCUT2D eigenvalue weighted by atomic mass is 9.76. The van der Waals surface area contributed by atoms with Crippen molar-refractivity contribution in [2.75, 3.05) is 13.1 Å². The lowest BCUT2D eigenvalue weighted by Gasteiger charge is -2.41. The summed E-state index contributed by atoms with van der Waals surface area (Å²) in [4.78, 5) is 26.2. The van der Waals surface area contributed by atoms with Gasteiger partial charge in [-0.15, -0.1) is 0 Å². The summed E-state index contributed by atoms with van der Waals surface area (Å²) in [5, 5.41) is 0. The molecule has 1 saturated heterocycles. The second kappa shape index (κ2) is 6.03. The summed E-state index contributed by atoms with van der Waals surface area (Å²) < 4.78 is 1.45. The van der Waals surface area contributed by atoms with E-state index in [1.54, 1.807) is 19.3 Å². The monoisotopic (exact) mass is 310 g/mol. The minimum absolute atomic E-state index is 0.00227. The third-order valence-electron chi connectivity index (χ3n) is 4.79. The topological polar surface area (TPSA) is 42.3 Å². The summed E-state index contributed by atoms with van der Waals surface area (Å²) in [6.45, 7) is 3.70. The second-order valence-electron chi connectivity index (χ2n) is 6.62. The number of carbonyl (C=O) groups is 1. The number of hydrogen-bond donors (Lipinski definition) is 0. The number of hydrogen-bond acceptors (Lipinski definition) is 2. The zero-order valence-electron chi connectivity index (χ0n) is 13.7. The fourth-order valence-corrected chi connectivity index (χ4v) is 3.39. The van der Waals surface area contributed by atoms with Crippen molar-refractivity contribution < 1.29 is 4.79 Å². The van der Waals surface area contributed by atoms with Gasteiger partial charge in [-0.25, -0.2) is 0 Å². The van der Waals surface area contributed by atoms with Crippen LogP contribution < -0.4 is 5.56 Å². The van der Waals surface area contributed by atoms with E-state index < -0.39 is 0 Å². The molecule has 2 aromatic rings. The molecule has 3 rings (SSSR count). The van der Waals surface area contributed by atoms with Crippen LogP contribution in [0, 0.1) is 0 Å². The number of likely N-dealkylation sites (tertiary alicyclic amines) is 1. The molecule has 1 aliphatic heterocycles. The van der Waals surface area contributed by atoms with Crippen molar-refractivity contribution in [2.45, 2.75) is 25.2 Å². The van der Waals surface area contributed by atoms with Crippen molar-refractivity contribution in [3.05, 3.63) is 70.1 Å². The Morgan fingerprint density at radius 2 is 1.87 bits per heavy atom. The summed E-state index contributed by atoms with van der Waals surface area (Å²) >= 11 is 0. The SMILES string of the molecule is Cn1cc(C(=O)N2CCC[C@@](C)(c3ccccc3)C2)ccc1=O. The summed E-state index contributed by atoms with van der Waals surface area (Å²) in [5.41, 5.74) is 1.73. The third kappa shape index (κ3) is 3.07. The number of aryl methyl sites for hydroxylation is 1. The molecule has 120 valence electrons. The van der Waals surface area contributed by atoms with Gasteiger partial charge in [0.25, 0.3) is 5.91 Å². The van der Waals surface area contributed by atoms with E-state index >= 15 is 0 Å². The van der Waals surface area contributed by atoms with E-state index in [4.69, 9.17) is 0 Å². The molecule has 1 fully saturated rings. The van der Waals surface area contributed by atoms with Crippen molar-refractivity contribution in [3.8, 4) is 0 Å². The molecule has 4 nitrogen and oxygen atoms in total. The first-order chi connectivity index (χ1) is 11.0. The van der Waals surface area contributed by atoms with Crippen molar-refractivity contribution in [2.24, 2.45) is 7.05 Å². The fourth-order valence-electron chi connectivity index (χ4n) is 3.39. The van der Waals surface area contributed by atoms with E-state index in [-0.39, 0.29) is 16.9 Å². The predicted molar refractivity (Wildman–Crippen MR) is 90.6 cm³/mol. The molecule has 1 aromatic heterocycles. The van der Waals surface area contributed by atoms with Gasteiger partial charge >= 0.3 is 0 Å². The zero-order chi connectivity index (χ0) is 16.4. The van der Waals surface area contributed by atoms with Crippen LogP contribution in [-0.2, 0) is 12.5 Å². The van der Waals surface area contributed by atoms with Gasteiger partial charge in [0, 0.05) is 37.8 Å². The number of carbonyl (C=O) groups excluding carboxylic acids is 1. The van der Waals surface area contributed by atoms with E-state index in [1.165, 1.54) is 16.2 Å². The van der Waals surface area contributed by atoms with Gasteiger partial charge in [-0.05, 0) is 24.5 Å². The molecule has 1 amide bonds. The van der Waals surface area contributed by atoms with Crippen molar-refractivity contribution in [1.82, 2.24) is 9.47 Å². The summed E-state index contributed by atoms with van der Waals surface area (Å²) in [7, 11) is 1.67. The summed E-state index contributed by atoms with van der Waals surface area (Å²) in [6.07, 6.45) is 3.69. The Hall–Kier alpha value is -2.36. The van der Waals surface area contributed by atoms with Crippen molar-refractivity contribution in [1.29, 1.82) is 0 Å². The molecule has 0 saturated carbocycles. The van der Waals surface area contributed by atoms with Gasteiger partial charge in [-0.1, -0.05) is 37.3 Å². The van der Waals surface area contributed by atoms with Crippen molar-refractivity contribution >= 4 is 5.91 Å². The van der Waals surface area contributed by atoms with Crippen LogP contribution in [0.2, 0.25) is 0 Å². The maximum absolute atomic E-state index is 12.8. The second-order valence-corrected chi connectivity index (χ2v) is 6.62. The number of amides is 1. The predicted octanol–water partition coefficient (Wildman–Crippen LogP) is 2.58. The minimum atomic E-state index is -0.102. The first-order valence-electron chi connectivity index (χ1n) is 8.01. The van der Waals surface area contributed by atoms with Gasteiger partial charge in [-0.3, -0.25) is 9.59 Å². The van der Waals surface area contributed by atoms with Gasteiger partial charge in [-0.2, -0.15) is 0 Å². The lowest BCUT2D eigenvalue weighted by molar-refractivity contribution is 0.0650. The smallest absolute Gasteiger partial charge is 0.255 e. The Bertz CT molecular complexity index is 766. The number of benzene rings is 1. The molecule has 4 heteroatoms. The van der Waals surface area contributed by atoms with Crippen LogP contribution in [0.4, 0.5) is 0 Å². The molecule has 0 unspecified atom stereocenters. The molecular formula is C19H22N2O2. The summed E-state index contributed by atoms with van der Waals surface area (Å²) in [6, 6.07) is 13.5. The van der Waals surface area contributed by atoms with Crippen molar-refractivity contribution in [3.63, 3.8) is 0 Å². The largest absolute Gasteiger partial charge is 0.338 e. The first kappa shape index (κ1) is 15.5. The molecule has 23 heavy (non-hydrogen) atoms. The average Bonchev–Trinajstić information content (AvgIpc) is 2.57. The molecule has 0 N–H and O–H groups in total. The number of nitrogens with zero attached hydrogens (tertiary/aromatic N) is 2. The highest BCUT2D eigenvalue weighted by Gasteiger charge is 2.34. The molecule has 2 heterocycles. The average molecular weight is 310 g/mol. The molecule has 1 aromatic carbocycles. The number of rotatable bonds is 2. The Kier molecular flexibility index (Phi) is 4.07. The highest BCUT2D eigenvalue weighted by Crippen LogP contribution is 2.33. The number of pyridine rings is 1. The summed E-state index contributed by atoms with van der Waals surface area (Å²) in [5.74, 6) is 0.00227. The molecule has 1 atom stereocenters. The van der Waals surface area contributed by atoms with E-state index in [1.807, 2.05) is 23.1 Å². The Balaban J connectivity index is 1.84. The van der Waals surface area contributed by atoms with Crippen LogP contribution in [0.25, 0.3) is 0 Å². The highest BCUT2D eigenvalue weighted by atomic mass is 16.2. The standard InChI is InChI=1S/C19H22N2O2/c1-19(16-7-4-3-5-8-16)11-6-12-21(14-19)18(23)15-9-10-17(22)20(2)13-15/h3-5,7-10,13H,6,11-12,14H2,1-2H3/t19-/m1/s1. The van der Waals surface area contributed by atoms with Gasteiger partial charge in [0.1, 0.15) is 0 Å². The Morgan fingerprint density at radius 3 is 2.57 bits per heavy atom. The van der Waals surface area contributed by atoms with E-state index in [0.717, 1.165) is 19.4 Å². The number of piperidine rings is 1. The van der Waals surface area contributed by atoms with Crippen LogP contribution in [0.1, 0.15) is 35.7 Å². The molecule has 1 aliphatic rings. The number of aromatic nitrogens is 1. The maximum Gasteiger partial charge on any atom is 0.255 e. The quantitative estimate of drug-likeness (QED) is 0.855. The molecule has 0 radical (unpaired) electrons. The van der Waals surface area contributed by atoms with Crippen LogP contribution in [0.3, 0.4) is 0 Å². The molecule has 0 bridgehead atoms. The van der Waals surface area contributed by atoms with Gasteiger partial charge < -0.3 is 9.47 Å². The van der Waals surface area contributed by atoms with Crippen LogP contribution in [-0.4, -0.2) is 28.5 Å². The molecular weight excluding hydrogens is 288 g/mol.